The fraction of sp³-hybridized carbons (Fsp3) is 0.429. The van der Waals surface area contributed by atoms with Crippen molar-refractivity contribution >= 4 is 17.5 Å². The molecule has 1 N–H and O–H groups in total. The van der Waals surface area contributed by atoms with Gasteiger partial charge in [-0.1, -0.05) is 74.9 Å². The Morgan fingerprint density at radius 1 is 1.03 bits per heavy atom. The number of aromatic nitrogens is 2. The summed E-state index contributed by atoms with van der Waals surface area (Å²) in [6.45, 7) is 2.92. The average molecular weight is 478 g/mol. The van der Waals surface area contributed by atoms with E-state index in [9.17, 15) is 4.79 Å². The van der Waals surface area contributed by atoms with Crippen LogP contribution in [0.3, 0.4) is 0 Å². The zero-order chi connectivity index (χ0) is 23.5. The summed E-state index contributed by atoms with van der Waals surface area (Å²) in [5, 5.41) is 8.33. The quantitative estimate of drug-likeness (QED) is 0.349. The van der Waals surface area contributed by atoms with Crippen molar-refractivity contribution in [1.82, 2.24) is 15.1 Å². The predicted octanol–water partition coefficient (Wildman–Crippen LogP) is 7.18. The summed E-state index contributed by atoms with van der Waals surface area (Å²) in [5.74, 6) is 0.929. The topological polar surface area (TPSA) is 58.2 Å². The summed E-state index contributed by atoms with van der Waals surface area (Å²) >= 11 is 6.13. The van der Waals surface area contributed by atoms with Crippen molar-refractivity contribution in [2.45, 2.75) is 70.4 Å². The van der Waals surface area contributed by atoms with Crippen molar-refractivity contribution in [1.29, 1.82) is 0 Å². The number of nitrogens with zero attached hydrogens (tertiary/aromatic N) is 2. The van der Waals surface area contributed by atoms with Gasteiger partial charge in [-0.25, -0.2) is 0 Å². The molecule has 0 radical (unpaired) electrons. The Bertz CT molecular complexity index is 1120. The smallest absolute Gasteiger partial charge is 0.273 e. The molecule has 0 spiro atoms. The minimum Gasteiger partial charge on any atom is -0.494 e. The summed E-state index contributed by atoms with van der Waals surface area (Å²) in [6, 6.07) is 16.0. The maximum Gasteiger partial charge on any atom is 0.273 e. The Balaban J connectivity index is 1.51. The van der Waals surface area contributed by atoms with Crippen molar-refractivity contribution in [3.63, 3.8) is 0 Å². The number of carbonyl (C=O) groups excluding carboxylic acids is 1. The Labute approximate surface area is 206 Å². The number of ether oxygens (including phenoxy) is 1. The first-order valence-corrected chi connectivity index (χ1v) is 12.9. The zero-order valence-electron chi connectivity index (χ0n) is 19.7. The Kier molecular flexibility index (Phi) is 6.91. The standard InChI is InChI=1S/C28H32ClN3O2/c1-2-3-7-18-34-23-16-12-20(13-17-23)27-24-25(19-10-14-21(29)15-11-19)30-31-26(24)28(33)32(27)22-8-5-4-6-9-22/h10-17,22,27H,2-9,18H2,1H3,(H,30,31). The Morgan fingerprint density at radius 3 is 2.47 bits per heavy atom. The second-order valence-corrected chi connectivity index (χ2v) is 9.84. The molecule has 1 aromatic heterocycles. The fourth-order valence-corrected chi connectivity index (χ4v) is 5.47. The first-order chi connectivity index (χ1) is 16.7. The highest BCUT2D eigenvalue weighted by Gasteiger charge is 2.45. The van der Waals surface area contributed by atoms with Crippen LogP contribution in [0.25, 0.3) is 11.3 Å². The van der Waals surface area contributed by atoms with E-state index in [-0.39, 0.29) is 18.0 Å². The lowest BCUT2D eigenvalue weighted by atomic mass is 9.91. The van der Waals surface area contributed by atoms with Crippen LogP contribution in [-0.2, 0) is 0 Å². The lowest BCUT2D eigenvalue weighted by Gasteiger charge is -2.36. The first kappa shape index (κ1) is 23.0. The summed E-state index contributed by atoms with van der Waals surface area (Å²) < 4.78 is 5.94. The molecule has 0 saturated heterocycles. The van der Waals surface area contributed by atoms with Crippen LogP contribution in [0, 0.1) is 0 Å². The Morgan fingerprint density at radius 2 is 1.76 bits per heavy atom. The SMILES string of the molecule is CCCCCOc1ccc(C2c3c(-c4ccc(Cl)cc4)n[nH]c3C(=O)N2C2CCCCC2)cc1. The lowest BCUT2D eigenvalue weighted by Crippen LogP contribution is -2.40. The minimum atomic E-state index is -0.163. The number of aromatic amines is 1. The molecule has 6 heteroatoms. The van der Waals surface area contributed by atoms with Gasteiger partial charge in [0.05, 0.1) is 18.3 Å². The maximum atomic E-state index is 13.7. The average Bonchev–Trinajstić information content (AvgIpc) is 3.42. The van der Waals surface area contributed by atoms with Crippen molar-refractivity contribution in [2.24, 2.45) is 0 Å². The highest BCUT2D eigenvalue weighted by Crippen LogP contribution is 2.46. The first-order valence-electron chi connectivity index (χ1n) is 12.6. The summed E-state index contributed by atoms with van der Waals surface area (Å²) in [4.78, 5) is 15.8. The zero-order valence-corrected chi connectivity index (χ0v) is 20.5. The van der Waals surface area contributed by atoms with Crippen molar-refractivity contribution in [3.05, 3.63) is 70.4 Å². The maximum absolute atomic E-state index is 13.7. The van der Waals surface area contributed by atoms with E-state index < -0.39 is 0 Å². The minimum absolute atomic E-state index is 0.0551. The van der Waals surface area contributed by atoms with Gasteiger partial charge in [0.1, 0.15) is 11.4 Å². The number of carbonyl (C=O) groups is 1. The summed E-state index contributed by atoms with van der Waals surface area (Å²) in [7, 11) is 0. The van der Waals surface area contributed by atoms with Crippen LogP contribution in [0.15, 0.2) is 48.5 Å². The van der Waals surface area contributed by atoms with Crippen molar-refractivity contribution in [3.8, 4) is 17.0 Å². The van der Waals surface area contributed by atoms with E-state index in [1.165, 1.54) is 32.1 Å². The van der Waals surface area contributed by atoms with Gasteiger partial charge in [-0.3, -0.25) is 9.89 Å². The fourth-order valence-electron chi connectivity index (χ4n) is 5.34. The van der Waals surface area contributed by atoms with Gasteiger partial charge in [-0.05, 0) is 49.1 Å². The van der Waals surface area contributed by atoms with Gasteiger partial charge in [0.15, 0.2) is 0 Å². The second-order valence-electron chi connectivity index (χ2n) is 9.40. The van der Waals surface area contributed by atoms with Crippen LogP contribution in [0.1, 0.15) is 85.9 Å². The van der Waals surface area contributed by atoms with Crippen LogP contribution in [0.5, 0.6) is 5.75 Å². The number of halogens is 1. The normalized spacial score (nSPS) is 18.4. The monoisotopic (exact) mass is 477 g/mol. The van der Waals surface area contributed by atoms with E-state index in [0.29, 0.717) is 10.7 Å². The third-order valence-electron chi connectivity index (χ3n) is 7.10. The molecule has 3 aromatic rings. The molecule has 1 saturated carbocycles. The van der Waals surface area contributed by atoms with Crippen LogP contribution in [0.2, 0.25) is 5.02 Å². The highest BCUT2D eigenvalue weighted by atomic mass is 35.5. The molecule has 5 rings (SSSR count). The van der Waals surface area contributed by atoms with E-state index in [4.69, 9.17) is 16.3 Å². The Hall–Kier alpha value is -2.79. The van der Waals surface area contributed by atoms with Crippen LogP contribution in [0.4, 0.5) is 0 Å². The molecular weight excluding hydrogens is 446 g/mol. The molecule has 1 amide bonds. The number of hydrogen-bond donors (Lipinski definition) is 1. The molecule has 0 bridgehead atoms. The molecule has 2 heterocycles. The third kappa shape index (κ3) is 4.46. The van der Waals surface area contributed by atoms with Crippen molar-refractivity contribution in [2.75, 3.05) is 6.61 Å². The van der Waals surface area contributed by atoms with Gasteiger partial charge in [-0.15, -0.1) is 0 Å². The number of unbranched alkanes of at least 4 members (excludes halogenated alkanes) is 2. The van der Waals surface area contributed by atoms with E-state index in [2.05, 4.69) is 34.2 Å². The van der Waals surface area contributed by atoms with Gasteiger partial charge < -0.3 is 9.64 Å². The largest absolute Gasteiger partial charge is 0.494 e. The molecule has 1 atom stereocenters. The molecule has 5 nitrogen and oxygen atoms in total. The molecule has 2 aliphatic rings. The van der Waals surface area contributed by atoms with E-state index in [1.807, 2.05) is 36.4 Å². The molecule has 1 fully saturated rings. The van der Waals surface area contributed by atoms with Gasteiger partial charge in [0.2, 0.25) is 0 Å². The molecule has 1 aliphatic heterocycles. The number of H-pyrrole nitrogens is 1. The van der Waals surface area contributed by atoms with Crippen LogP contribution in [-0.4, -0.2) is 33.7 Å². The lowest BCUT2D eigenvalue weighted by molar-refractivity contribution is 0.0606. The molecular formula is C28H32ClN3O2. The number of benzene rings is 2. The highest BCUT2D eigenvalue weighted by molar-refractivity contribution is 6.30. The van der Waals surface area contributed by atoms with Gasteiger partial charge in [0.25, 0.3) is 5.91 Å². The molecule has 1 aliphatic carbocycles. The van der Waals surface area contributed by atoms with Gasteiger partial charge in [0, 0.05) is 22.2 Å². The summed E-state index contributed by atoms with van der Waals surface area (Å²) in [6.07, 6.45) is 9.10. The van der Waals surface area contributed by atoms with Crippen LogP contribution >= 0.6 is 11.6 Å². The number of hydrogen-bond acceptors (Lipinski definition) is 3. The van der Waals surface area contributed by atoms with E-state index >= 15 is 0 Å². The third-order valence-corrected chi connectivity index (χ3v) is 7.35. The number of rotatable bonds is 8. The summed E-state index contributed by atoms with van der Waals surface area (Å²) in [5.41, 5.74) is 4.45. The number of fused-ring (bicyclic) bond motifs is 1. The second kappa shape index (κ2) is 10.2. The van der Waals surface area contributed by atoms with E-state index in [0.717, 1.165) is 54.0 Å². The molecule has 1 unspecified atom stereocenters. The molecule has 178 valence electrons. The van der Waals surface area contributed by atoms with E-state index in [1.54, 1.807) is 0 Å². The van der Waals surface area contributed by atoms with Crippen molar-refractivity contribution < 1.29 is 9.53 Å². The number of amides is 1. The predicted molar refractivity (Wildman–Crippen MR) is 135 cm³/mol. The molecule has 2 aromatic carbocycles. The molecule has 34 heavy (non-hydrogen) atoms. The number of nitrogens with one attached hydrogen (secondary N) is 1. The van der Waals surface area contributed by atoms with Crippen LogP contribution < -0.4 is 4.74 Å². The van der Waals surface area contributed by atoms with Gasteiger partial charge >= 0.3 is 0 Å². The van der Waals surface area contributed by atoms with Gasteiger partial charge in [-0.2, -0.15) is 5.10 Å².